The third-order valence-corrected chi connectivity index (χ3v) is 7.24. The number of para-hydroxylation sites is 1. The number of rotatable bonds is 6. The third-order valence-electron chi connectivity index (χ3n) is 6.94. The van der Waals surface area contributed by atoms with Crippen molar-refractivity contribution in [2.75, 3.05) is 38.2 Å². The van der Waals surface area contributed by atoms with Crippen molar-refractivity contribution >= 4 is 29.1 Å². The Hall–Kier alpha value is -3.59. The number of aromatic nitrogens is 3. The normalized spacial score (nSPS) is 18.3. The lowest BCUT2D eigenvalue weighted by atomic mass is 9.95. The molecule has 5 rings (SSSR count). The van der Waals surface area contributed by atoms with Crippen LogP contribution in [0.15, 0.2) is 48.7 Å². The molecule has 0 spiro atoms. The first-order valence-corrected chi connectivity index (χ1v) is 12.5. The molecule has 10 heteroatoms. The van der Waals surface area contributed by atoms with Crippen molar-refractivity contribution in [3.05, 3.63) is 59.4 Å². The summed E-state index contributed by atoms with van der Waals surface area (Å²) in [5, 5.41) is 10.7. The largest absolute Gasteiger partial charge is 0.481 e. The number of amides is 2. The number of nitrogens with one attached hydrogen (secondary N) is 2. The molecule has 2 saturated heterocycles. The number of piperidine rings is 1. The van der Waals surface area contributed by atoms with Crippen LogP contribution < -0.4 is 15.0 Å². The van der Waals surface area contributed by atoms with E-state index in [1.54, 1.807) is 17.0 Å². The Bertz CT molecular complexity index is 1230. The number of carbonyl (C=O) groups excluding carboxylic acids is 2. The van der Waals surface area contributed by atoms with Crippen LogP contribution in [0.25, 0.3) is 11.3 Å². The highest BCUT2D eigenvalue weighted by atomic mass is 35.5. The maximum Gasteiger partial charge on any atom is 0.274 e. The minimum absolute atomic E-state index is 0.0855. The summed E-state index contributed by atoms with van der Waals surface area (Å²) in [7, 11) is 1.53. The monoisotopic (exact) mass is 508 g/mol. The highest BCUT2D eigenvalue weighted by Gasteiger charge is 2.31. The van der Waals surface area contributed by atoms with Gasteiger partial charge >= 0.3 is 0 Å². The highest BCUT2D eigenvalue weighted by molar-refractivity contribution is 6.33. The fourth-order valence-electron chi connectivity index (χ4n) is 4.88. The van der Waals surface area contributed by atoms with Crippen LogP contribution in [0.4, 0.5) is 5.69 Å². The number of aromatic amines is 1. The van der Waals surface area contributed by atoms with Crippen LogP contribution in [0.1, 0.15) is 29.8 Å². The zero-order valence-corrected chi connectivity index (χ0v) is 20.9. The lowest BCUT2D eigenvalue weighted by molar-refractivity contribution is -0.126. The molecule has 0 saturated carbocycles. The molecule has 36 heavy (non-hydrogen) atoms. The Labute approximate surface area is 214 Å². The Kier molecular flexibility index (Phi) is 7.09. The van der Waals surface area contributed by atoms with E-state index in [0.29, 0.717) is 53.8 Å². The molecule has 3 aromatic rings. The van der Waals surface area contributed by atoms with Gasteiger partial charge in [0.25, 0.3) is 5.91 Å². The number of methoxy groups -OCH3 is 1. The minimum Gasteiger partial charge on any atom is -0.481 e. The van der Waals surface area contributed by atoms with Gasteiger partial charge in [0.05, 0.1) is 24.0 Å². The molecule has 1 unspecified atom stereocenters. The van der Waals surface area contributed by atoms with Crippen molar-refractivity contribution in [3.8, 4) is 17.1 Å². The van der Waals surface area contributed by atoms with Crippen LogP contribution in [-0.4, -0.2) is 71.2 Å². The van der Waals surface area contributed by atoms with Crippen molar-refractivity contribution in [1.29, 1.82) is 0 Å². The van der Waals surface area contributed by atoms with Gasteiger partial charge in [0, 0.05) is 55.5 Å². The number of hydrogen-bond donors (Lipinski definition) is 2. The molecule has 2 aromatic heterocycles. The molecular formula is C26H29ClN6O3. The summed E-state index contributed by atoms with van der Waals surface area (Å²) in [6.45, 7) is 2.79. The summed E-state index contributed by atoms with van der Waals surface area (Å²) in [5.41, 5.74) is 2.77. The van der Waals surface area contributed by atoms with Gasteiger partial charge in [0.1, 0.15) is 0 Å². The van der Waals surface area contributed by atoms with E-state index < -0.39 is 0 Å². The fraction of sp³-hybridized carbons (Fsp3) is 0.385. The molecule has 2 aliphatic heterocycles. The molecule has 2 N–H and O–H groups in total. The molecule has 9 nitrogen and oxygen atoms in total. The molecule has 2 aliphatic rings. The number of hydrogen-bond acceptors (Lipinski definition) is 6. The molecule has 188 valence electrons. The lowest BCUT2D eigenvalue weighted by Crippen LogP contribution is -2.46. The Morgan fingerprint density at radius 1 is 1.11 bits per heavy atom. The summed E-state index contributed by atoms with van der Waals surface area (Å²) in [6.07, 6.45) is 3.71. The Balaban J connectivity index is 1.13. The predicted octanol–water partition coefficient (Wildman–Crippen LogP) is 3.38. The molecule has 0 aliphatic carbocycles. The van der Waals surface area contributed by atoms with Gasteiger partial charge in [-0.25, -0.2) is 4.98 Å². The number of likely N-dealkylation sites (tertiary alicyclic amines) is 1. The number of ether oxygens (including phenoxy) is 1. The number of benzene rings is 1. The van der Waals surface area contributed by atoms with Gasteiger partial charge in [-0.3, -0.25) is 14.7 Å². The average molecular weight is 509 g/mol. The van der Waals surface area contributed by atoms with Crippen LogP contribution in [0.2, 0.25) is 5.02 Å². The Morgan fingerprint density at radius 3 is 2.64 bits per heavy atom. The molecule has 2 fully saturated rings. The lowest BCUT2D eigenvalue weighted by Gasteiger charge is -2.31. The van der Waals surface area contributed by atoms with Crippen molar-refractivity contribution in [1.82, 2.24) is 25.4 Å². The molecular weight excluding hydrogens is 480 g/mol. The topological polar surface area (TPSA) is 103 Å². The summed E-state index contributed by atoms with van der Waals surface area (Å²) < 4.78 is 5.16. The van der Waals surface area contributed by atoms with Crippen LogP contribution in [0, 0.1) is 5.92 Å². The van der Waals surface area contributed by atoms with Crippen molar-refractivity contribution in [2.45, 2.75) is 25.3 Å². The van der Waals surface area contributed by atoms with Crippen LogP contribution in [0.3, 0.4) is 0 Å². The fourth-order valence-corrected chi connectivity index (χ4v) is 5.09. The number of nitrogens with zero attached hydrogens (tertiary/aromatic N) is 4. The van der Waals surface area contributed by atoms with Crippen LogP contribution in [-0.2, 0) is 4.79 Å². The average Bonchev–Trinajstić information content (AvgIpc) is 3.59. The first-order valence-electron chi connectivity index (χ1n) is 12.2. The van der Waals surface area contributed by atoms with Crippen LogP contribution in [0.5, 0.6) is 5.88 Å². The maximum atomic E-state index is 13.0. The van der Waals surface area contributed by atoms with E-state index in [0.717, 1.165) is 19.5 Å². The van der Waals surface area contributed by atoms with Crippen molar-refractivity contribution < 1.29 is 14.3 Å². The number of halogens is 1. The van der Waals surface area contributed by atoms with Crippen molar-refractivity contribution in [2.24, 2.45) is 5.92 Å². The smallest absolute Gasteiger partial charge is 0.274 e. The summed E-state index contributed by atoms with van der Waals surface area (Å²) in [4.78, 5) is 34.1. The molecule has 0 bridgehead atoms. The number of pyridine rings is 1. The van der Waals surface area contributed by atoms with Gasteiger partial charge in [0.15, 0.2) is 5.69 Å². The predicted molar refractivity (Wildman–Crippen MR) is 137 cm³/mol. The van der Waals surface area contributed by atoms with E-state index in [-0.39, 0.29) is 23.8 Å². The van der Waals surface area contributed by atoms with E-state index in [1.165, 1.54) is 19.0 Å². The highest BCUT2D eigenvalue weighted by Crippen LogP contribution is 2.29. The van der Waals surface area contributed by atoms with Crippen LogP contribution >= 0.6 is 11.6 Å². The minimum atomic E-state index is -0.164. The van der Waals surface area contributed by atoms with E-state index >= 15 is 0 Å². The summed E-state index contributed by atoms with van der Waals surface area (Å²) in [5.74, 6) is 0.258. The quantitative estimate of drug-likeness (QED) is 0.529. The molecule has 4 heterocycles. The number of carbonyl (C=O) groups is 2. The first-order chi connectivity index (χ1) is 17.5. The molecule has 2 amide bonds. The second kappa shape index (κ2) is 10.6. The zero-order chi connectivity index (χ0) is 25.1. The SMILES string of the molecule is COc1cc(-c2cc(C(=O)N3CCC(C(=O)NC4CCN(c5ccccc5)C4)CC3)n[nH]2)c(Cl)cn1. The molecule has 1 aromatic carbocycles. The van der Waals surface area contributed by atoms with Gasteiger partial charge in [-0.1, -0.05) is 29.8 Å². The van der Waals surface area contributed by atoms with E-state index in [2.05, 4.69) is 37.5 Å². The first kappa shape index (κ1) is 24.1. The number of H-pyrrole nitrogens is 1. The van der Waals surface area contributed by atoms with Gasteiger partial charge in [-0.05, 0) is 37.5 Å². The van der Waals surface area contributed by atoms with E-state index in [4.69, 9.17) is 16.3 Å². The van der Waals surface area contributed by atoms with Gasteiger partial charge in [-0.15, -0.1) is 0 Å². The molecule has 1 atom stereocenters. The standard InChI is InChI=1S/C26H29ClN6O3/c1-36-24-13-20(21(27)15-28-24)22-14-23(31-30-22)26(35)32-10-7-17(8-11-32)25(34)29-18-9-12-33(16-18)19-5-3-2-4-6-19/h2-6,13-15,17-18H,7-12,16H2,1H3,(H,29,34)(H,30,31). The molecule has 0 radical (unpaired) electrons. The van der Waals surface area contributed by atoms with Gasteiger partial charge < -0.3 is 19.9 Å². The Morgan fingerprint density at radius 2 is 1.89 bits per heavy atom. The van der Waals surface area contributed by atoms with E-state index in [1.807, 2.05) is 18.2 Å². The van der Waals surface area contributed by atoms with Gasteiger partial charge in [-0.2, -0.15) is 5.10 Å². The van der Waals surface area contributed by atoms with E-state index in [9.17, 15) is 9.59 Å². The second-order valence-corrected chi connectivity index (χ2v) is 9.62. The van der Waals surface area contributed by atoms with Crippen molar-refractivity contribution in [3.63, 3.8) is 0 Å². The third kappa shape index (κ3) is 5.16. The number of anilines is 1. The zero-order valence-electron chi connectivity index (χ0n) is 20.1. The summed E-state index contributed by atoms with van der Waals surface area (Å²) in [6, 6.07) is 13.8. The second-order valence-electron chi connectivity index (χ2n) is 9.22. The summed E-state index contributed by atoms with van der Waals surface area (Å²) >= 11 is 6.27. The van der Waals surface area contributed by atoms with Gasteiger partial charge in [0.2, 0.25) is 11.8 Å². The maximum absolute atomic E-state index is 13.0.